The van der Waals surface area contributed by atoms with E-state index in [1.54, 1.807) is 12.2 Å². The molecule has 0 spiro atoms. The van der Waals surface area contributed by atoms with Gasteiger partial charge in [0.15, 0.2) is 0 Å². The molecule has 0 radical (unpaired) electrons. The van der Waals surface area contributed by atoms with Crippen molar-refractivity contribution in [2.24, 2.45) is 0 Å². The van der Waals surface area contributed by atoms with Gasteiger partial charge in [-0.05, 0) is 53.6 Å². The minimum Gasteiger partial charge on any atom is -0.426 e. The van der Waals surface area contributed by atoms with Gasteiger partial charge < -0.3 is 9.47 Å². The van der Waals surface area contributed by atoms with Crippen LogP contribution in [0.1, 0.15) is 36.1 Å². The quantitative estimate of drug-likeness (QED) is 0.391. The first-order valence-electron chi connectivity index (χ1n) is 8.75. The lowest BCUT2D eigenvalue weighted by molar-refractivity contribution is -0.132. The van der Waals surface area contributed by atoms with E-state index in [1.807, 2.05) is 36.4 Å². The molecule has 2 rings (SSSR count). The molecule has 0 aliphatic heterocycles. The highest BCUT2D eigenvalue weighted by atomic mass is 16.5. The zero-order chi connectivity index (χ0) is 19.8. The summed E-state index contributed by atoms with van der Waals surface area (Å²) in [7, 11) is 0. The van der Waals surface area contributed by atoms with Crippen molar-refractivity contribution < 1.29 is 19.1 Å². The summed E-state index contributed by atoms with van der Waals surface area (Å²) in [6, 6.07) is 11.6. The fourth-order valence-electron chi connectivity index (χ4n) is 2.86. The molecule has 27 heavy (non-hydrogen) atoms. The second-order valence-electron chi connectivity index (χ2n) is 6.23. The number of hydrogen-bond donors (Lipinski definition) is 0. The van der Waals surface area contributed by atoms with Gasteiger partial charge in [0.25, 0.3) is 0 Å². The van der Waals surface area contributed by atoms with Crippen molar-refractivity contribution in [1.29, 1.82) is 0 Å². The van der Waals surface area contributed by atoms with Crippen molar-refractivity contribution in [3.63, 3.8) is 0 Å². The van der Waals surface area contributed by atoms with Gasteiger partial charge in [-0.15, -0.1) is 13.2 Å². The summed E-state index contributed by atoms with van der Waals surface area (Å²) < 4.78 is 10.5. The van der Waals surface area contributed by atoms with Gasteiger partial charge in [-0.2, -0.15) is 0 Å². The fourth-order valence-corrected chi connectivity index (χ4v) is 2.86. The van der Waals surface area contributed by atoms with Crippen molar-refractivity contribution >= 4 is 11.9 Å². The molecule has 0 atom stereocenters. The second kappa shape index (κ2) is 9.53. The lowest BCUT2D eigenvalue weighted by atomic mass is 9.98. The molecule has 140 valence electrons. The number of hydrogen-bond acceptors (Lipinski definition) is 4. The van der Waals surface area contributed by atoms with E-state index >= 15 is 0 Å². The van der Waals surface area contributed by atoms with Crippen LogP contribution in [0.2, 0.25) is 0 Å². The van der Waals surface area contributed by atoms with Crippen molar-refractivity contribution in [3.05, 3.63) is 84.0 Å². The average molecular weight is 364 g/mol. The van der Waals surface area contributed by atoms with E-state index in [-0.39, 0.29) is 11.9 Å². The van der Waals surface area contributed by atoms with Crippen LogP contribution in [-0.4, -0.2) is 11.9 Å². The van der Waals surface area contributed by atoms with Gasteiger partial charge in [-0.25, -0.2) is 0 Å². The number of ether oxygens (including phenoxy) is 2. The highest BCUT2D eigenvalue weighted by molar-refractivity contribution is 5.70. The number of esters is 2. The Morgan fingerprint density at radius 1 is 0.815 bits per heavy atom. The van der Waals surface area contributed by atoms with E-state index in [4.69, 9.17) is 9.47 Å². The van der Waals surface area contributed by atoms with Gasteiger partial charge in [0.2, 0.25) is 0 Å². The van der Waals surface area contributed by atoms with E-state index in [0.717, 1.165) is 22.3 Å². The Balaban J connectivity index is 2.29. The summed E-state index contributed by atoms with van der Waals surface area (Å²) in [5.74, 6) is 0.429. The molecule has 4 nitrogen and oxygen atoms in total. The number of carbonyl (C=O) groups is 2. The SMILES string of the molecule is C=CCc1cc(Cc2ccc(OC(C)=O)c(CC=C)c2)ccc1OC(C)=O. The Morgan fingerprint density at radius 3 is 1.56 bits per heavy atom. The molecule has 0 saturated carbocycles. The van der Waals surface area contributed by atoms with Crippen LogP contribution < -0.4 is 9.47 Å². The third kappa shape index (κ3) is 5.96. The Bertz CT molecular complexity index is 793. The molecule has 2 aromatic rings. The predicted octanol–water partition coefficient (Wildman–Crippen LogP) is 4.59. The van der Waals surface area contributed by atoms with Crippen LogP contribution in [0.4, 0.5) is 0 Å². The summed E-state index contributed by atoms with van der Waals surface area (Å²) >= 11 is 0. The largest absolute Gasteiger partial charge is 0.426 e. The number of rotatable bonds is 8. The van der Waals surface area contributed by atoms with E-state index < -0.39 is 0 Å². The normalized spacial score (nSPS) is 10.1. The van der Waals surface area contributed by atoms with E-state index in [1.165, 1.54) is 13.8 Å². The van der Waals surface area contributed by atoms with Gasteiger partial charge in [-0.3, -0.25) is 9.59 Å². The maximum atomic E-state index is 11.3. The molecule has 0 aliphatic carbocycles. The van der Waals surface area contributed by atoms with Crippen LogP contribution in [-0.2, 0) is 28.9 Å². The van der Waals surface area contributed by atoms with Crippen LogP contribution in [0, 0.1) is 0 Å². The van der Waals surface area contributed by atoms with Gasteiger partial charge in [0, 0.05) is 13.8 Å². The highest BCUT2D eigenvalue weighted by Crippen LogP contribution is 2.26. The first-order chi connectivity index (χ1) is 12.9. The third-order valence-corrected chi connectivity index (χ3v) is 3.89. The number of allylic oxidation sites excluding steroid dienone is 2. The summed E-state index contributed by atoms with van der Waals surface area (Å²) in [6.45, 7) is 10.3. The molecule has 0 N–H and O–H groups in total. The minimum absolute atomic E-state index is 0.344. The van der Waals surface area contributed by atoms with Crippen LogP contribution in [0.15, 0.2) is 61.7 Å². The van der Waals surface area contributed by atoms with Crippen LogP contribution >= 0.6 is 0 Å². The molecule has 0 aliphatic rings. The van der Waals surface area contributed by atoms with E-state index in [2.05, 4.69) is 13.2 Å². The standard InChI is InChI=1S/C23H24O4/c1-5-7-20-14-18(9-11-22(20)26-16(3)24)13-19-10-12-23(27-17(4)25)21(15-19)8-6-2/h5-6,9-12,14-15H,1-2,7-8,13H2,3-4H3. The Morgan fingerprint density at radius 2 is 1.22 bits per heavy atom. The molecule has 2 aromatic carbocycles. The molecule has 0 aromatic heterocycles. The molecule has 0 fully saturated rings. The molecular formula is C23H24O4. The van der Waals surface area contributed by atoms with Crippen molar-refractivity contribution in [1.82, 2.24) is 0 Å². The first-order valence-corrected chi connectivity index (χ1v) is 8.75. The van der Waals surface area contributed by atoms with E-state index in [9.17, 15) is 9.59 Å². The van der Waals surface area contributed by atoms with Crippen LogP contribution in [0.3, 0.4) is 0 Å². The van der Waals surface area contributed by atoms with Gasteiger partial charge in [-0.1, -0.05) is 36.4 Å². The number of benzene rings is 2. The van der Waals surface area contributed by atoms with Gasteiger partial charge in [0.05, 0.1) is 0 Å². The smallest absolute Gasteiger partial charge is 0.308 e. The molecule has 0 unspecified atom stereocenters. The predicted molar refractivity (Wildman–Crippen MR) is 106 cm³/mol. The Hall–Kier alpha value is -3.14. The Kier molecular flexibility index (Phi) is 7.12. The van der Waals surface area contributed by atoms with Gasteiger partial charge >= 0.3 is 11.9 Å². The Labute approximate surface area is 160 Å². The maximum Gasteiger partial charge on any atom is 0.308 e. The zero-order valence-electron chi connectivity index (χ0n) is 15.8. The van der Waals surface area contributed by atoms with Crippen molar-refractivity contribution in [2.45, 2.75) is 33.1 Å². The topological polar surface area (TPSA) is 52.6 Å². The fraction of sp³-hybridized carbons (Fsp3) is 0.217. The maximum absolute atomic E-state index is 11.3. The van der Waals surface area contributed by atoms with Crippen LogP contribution in [0.25, 0.3) is 0 Å². The minimum atomic E-state index is -0.344. The molecule has 0 heterocycles. The molecule has 0 amide bonds. The average Bonchev–Trinajstić information content (AvgIpc) is 2.59. The monoisotopic (exact) mass is 364 g/mol. The van der Waals surface area contributed by atoms with Crippen LogP contribution in [0.5, 0.6) is 11.5 Å². The number of carbonyl (C=O) groups excluding carboxylic acids is 2. The molecular weight excluding hydrogens is 340 g/mol. The van der Waals surface area contributed by atoms with E-state index in [0.29, 0.717) is 30.8 Å². The summed E-state index contributed by atoms with van der Waals surface area (Å²) in [6.07, 6.45) is 5.49. The lowest BCUT2D eigenvalue weighted by Gasteiger charge is -2.12. The van der Waals surface area contributed by atoms with Crippen molar-refractivity contribution in [3.8, 4) is 11.5 Å². The molecule has 0 bridgehead atoms. The van der Waals surface area contributed by atoms with Gasteiger partial charge in [0.1, 0.15) is 11.5 Å². The summed E-state index contributed by atoms with van der Waals surface area (Å²) in [5.41, 5.74) is 4.01. The highest BCUT2D eigenvalue weighted by Gasteiger charge is 2.10. The summed E-state index contributed by atoms with van der Waals surface area (Å²) in [5, 5.41) is 0. The van der Waals surface area contributed by atoms with Crippen molar-refractivity contribution in [2.75, 3.05) is 0 Å². The molecule has 4 heteroatoms. The lowest BCUT2D eigenvalue weighted by Crippen LogP contribution is -2.05. The zero-order valence-corrected chi connectivity index (χ0v) is 15.8. The third-order valence-electron chi connectivity index (χ3n) is 3.89. The second-order valence-corrected chi connectivity index (χ2v) is 6.23. The molecule has 0 saturated heterocycles. The first kappa shape index (κ1) is 20.2. The summed E-state index contributed by atoms with van der Waals surface area (Å²) in [4.78, 5) is 22.5.